The van der Waals surface area contributed by atoms with Crippen LogP contribution in [0.3, 0.4) is 0 Å². The van der Waals surface area contributed by atoms with Crippen LogP contribution < -0.4 is 5.32 Å². The number of hydrogen-bond donors (Lipinski definition) is 1. The quantitative estimate of drug-likeness (QED) is 0.903. The second-order valence-corrected chi connectivity index (χ2v) is 6.65. The first kappa shape index (κ1) is 16.4. The number of ether oxygens (including phenoxy) is 2. The SMILES string of the molecule is CC(C)(C)NCc1ccc(F)c(COC2CCOCC2)c1. The van der Waals surface area contributed by atoms with Gasteiger partial charge in [-0.15, -0.1) is 0 Å². The summed E-state index contributed by atoms with van der Waals surface area (Å²) in [4.78, 5) is 0. The summed E-state index contributed by atoms with van der Waals surface area (Å²) in [6, 6.07) is 5.25. The smallest absolute Gasteiger partial charge is 0.128 e. The fraction of sp³-hybridized carbons (Fsp3) is 0.647. The van der Waals surface area contributed by atoms with E-state index in [1.807, 2.05) is 12.1 Å². The molecule has 1 aromatic carbocycles. The summed E-state index contributed by atoms with van der Waals surface area (Å²) >= 11 is 0. The summed E-state index contributed by atoms with van der Waals surface area (Å²) in [7, 11) is 0. The fourth-order valence-electron chi connectivity index (χ4n) is 2.27. The number of hydrogen-bond acceptors (Lipinski definition) is 3. The summed E-state index contributed by atoms with van der Waals surface area (Å²) in [5.41, 5.74) is 1.76. The molecule has 0 atom stereocenters. The van der Waals surface area contributed by atoms with Crippen LogP contribution in [0.1, 0.15) is 44.7 Å². The Hall–Kier alpha value is -0.970. The second kappa shape index (κ2) is 7.34. The first-order chi connectivity index (χ1) is 9.94. The van der Waals surface area contributed by atoms with Crippen molar-refractivity contribution < 1.29 is 13.9 Å². The van der Waals surface area contributed by atoms with Gasteiger partial charge in [-0.3, -0.25) is 0 Å². The Labute approximate surface area is 126 Å². The summed E-state index contributed by atoms with van der Waals surface area (Å²) in [6.45, 7) is 8.89. The van der Waals surface area contributed by atoms with E-state index in [-0.39, 0.29) is 17.5 Å². The van der Waals surface area contributed by atoms with Crippen molar-refractivity contribution in [3.63, 3.8) is 0 Å². The molecule has 0 radical (unpaired) electrons. The monoisotopic (exact) mass is 295 g/mol. The summed E-state index contributed by atoms with van der Waals surface area (Å²) in [6.07, 6.45) is 1.98. The number of benzene rings is 1. The van der Waals surface area contributed by atoms with Crippen LogP contribution in [0.4, 0.5) is 4.39 Å². The highest BCUT2D eigenvalue weighted by atomic mass is 19.1. The largest absolute Gasteiger partial charge is 0.381 e. The minimum absolute atomic E-state index is 0.0488. The molecular formula is C17H26FNO2. The molecule has 4 heteroatoms. The molecular weight excluding hydrogens is 269 g/mol. The van der Waals surface area contributed by atoms with Crippen LogP contribution in [0.5, 0.6) is 0 Å². The molecule has 1 aliphatic rings. The Morgan fingerprint density at radius 1 is 1.29 bits per heavy atom. The Balaban J connectivity index is 1.91. The van der Waals surface area contributed by atoms with Gasteiger partial charge in [-0.1, -0.05) is 6.07 Å². The van der Waals surface area contributed by atoms with E-state index in [0.717, 1.165) is 38.2 Å². The Bertz CT molecular complexity index is 451. The highest BCUT2D eigenvalue weighted by molar-refractivity contribution is 5.24. The van der Waals surface area contributed by atoms with Crippen molar-refractivity contribution in [2.75, 3.05) is 13.2 Å². The molecule has 1 heterocycles. The molecule has 0 bridgehead atoms. The van der Waals surface area contributed by atoms with Crippen LogP contribution in [0, 0.1) is 5.82 Å². The van der Waals surface area contributed by atoms with Gasteiger partial charge in [0.2, 0.25) is 0 Å². The van der Waals surface area contributed by atoms with E-state index in [1.165, 1.54) is 6.07 Å². The average Bonchev–Trinajstić information content (AvgIpc) is 2.45. The topological polar surface area (TPSA) is 30.5 Å². The van der Waals surface area contributed by atoms with Gasteiger partial charge in [-0.2, -0.15) is 0 Å². The third-order valence-corrected chi connectivity index (χ3v) is 3.58. The van der Waals surface area contributed by atoms with Gasteiger partial charge in [0.15, 0.2) is 0 Å². The zero-order chi connectivity index (χ0) is 15.3. The molecule has 118 valence electrons. The third-order valence-electron chi connectivity index (χ3n) is 3.58. The van der Waals surface area contributed by atoms with Crippen LogP contribution in [-0.2, 0) is 22.6 Å². The van der Waals surface area contributed by atoms with Crippen LogP contribution in [0.15, 0.2) is 18.2 Å². The van der Waals surface area contributed by atoms with Crippen molar-refractivity contribution in [2.24, 2.45) is 0 Å². The minimum Gasteiger partial charge on any atom is -0.381 e. The molecule has 1 fully saturated rings. The van der Waals surface area contributed by atoms with E-state index >= 15 is 0 Å². The highest BCUT2D eigenvalue weighted by Gasteiger charge is 2.15. The average molecular weight is 295 g/mol. The van der Waals surface area contributed by atoms with E-state index < -0.39 is 0 Å². The zero-order valence-electron chi connectivity index (χ0n) is 13.2. The molecule has 0 aliphatic carbocycles. The predicted molar refractivity (Wildman–Crippen MR) is 81.6 cm³/mol. The molecule has 2 rings (SSSR count). The zero-order valence-corrected chi connectivity index (χ0v) is 13.2. The van der Waals surface area contributed by atoms with Gasteiger partial charge >= 0.3 is 0 Å². The molecule has 1 aromatic rings. The van der Waals surface area contributed by atoms with E-state index in [4.69, 9.17) is 9.47 Å². The number of nitrogens with one attached hydrogen (secondary N) is 1. The van der Waals surface area contributed by atoms with Crippen LogP contribution in [0.25, 0.3) is 0 Å². The van der Waals surface area contributed by atoms with Crippen molar-refractivity contribution in [3.05, 3.63) is 35.1 Å². The lowest BCUT2D eigenvalue weighted by Crippen LogP contribution is -2.35. The molecule has 21 heavy (non-hydrogen) atoms. The first-order valence-electron chi connectivity index (χ1n) is 7.66. The van der Waals surface area contributed by atoms with Gasteiger partial charge in [0.1, 0.15) is 5.82 Å². The van der Waals surface area contributed by atoms with Crippen LogP contribution >= 0.6 is 0 Å². The molecule has 1 saturated heterocycles. The fourth-order valence-corrected chi connectivity index (χ4v) is 2.27. The second-order valence-electron chi connectivity index (χ2n) is 6.65. The number of rotatable bonds is 5. The third kappa shape index (κ3) is 5.73. The molecule has 1 N–H and O–H groups in total. The van der Waals surface area contributed by atoms with Crippen molar-refractivity contribution in [1.29, 1.82) is 0 Å². The van der Waals surface area contributed by atoms with Crippen molar-refractivity contribution in [2.45, 2.75) is 58.4 Å². The van der Waals surface area contributed by atoms with Gasteiger partial charge in [0.05, 0.1) is 12.7 Å². The Morgan fingerprint density at radius 3 is 2.67 bits per heavy atom. The maximum atomic E-state index is 13.9. The lowest BCUT2D eigenvalue weighted by molar-refractivity contribution is -0.0397. The van der Waals surface area contributed by atoms with Crippen molar-refractivity contribution in [3.8, 4) is 0 Å². The molecule has 3 nitrogen and oxygen atoms in total. The van der Waals surface area contributed by atoms with Crippen LogP contribution in [0.2, 0.25) is 0 Å². The van der Waals surface area contributed by atoms with E-state index in [0.29, 0.717) is 12.2 Å². The van der Waals surface area contributed by atoms with E-state index in [2.05, 4.69) is 26.1 Å². The lowest BCUT2D eigenvalue weighted by atomic mass is 10.1. The van der Waals surface area contributed by atoms with Gasteiger partial charge in [-0.25, -0.2) is 4.39 Å². The van der Waals surface area contributed by atoms with Crippen molar-refractivity contribution in [1.82, 2.24) is 5.32 Å². The normalized spacial score (nSPS) is 17.1. The molecule has 1 aliphatic heterocycles. The number of halogens is 1. The Kier molecular flexibility index (Phi) is 5.73. The maximum Gasteiger partial charge on any atom is 0.128 e. The summed E-state index contributed by atoms with van der Waals surface area (Å²) in [5, 5.41) is 3.41. The molecule has 0 unspecified atom stereocenters. The predicted octanol–water partition coefficient (Wildman–Crippen LogP) is 3.41. The van der Waals surface area contributed by atoms with E-state index in [1.54, 1.807) is 0 Å². The molecule has 0 amide bonds. The first-order valence-corrected chi connectivity index (χ1v) is 7.66. The van der Waals surface area contributed by atoms with Crippen LogP contribution in [-0.4, -0.2) is 24.9 Å². The highest BCUT2D eigenvalue weighted by Crippen LogP contribution is 2.17. The van der Waals surface area contributed by atoms with Gasteiger partial charge in [-0.05, 0) is 51.3 Å². The molecule has 0 saturated carbocycles. The lowest BCUT2D eigenvalue weighted by Gasteiger charge is -2.23. The summed E-state index contributed by atoms with van der Waals surface area (Å²) in [5.74, 6) is -0.193. The standard InChI is InChI=1S/C17H26FNO2/c1-17(2,3)19-11-13-4-5-16(18)14(10-13)12-21-15-6-8-20-9-7-15/h4-5,10,15,19H,6-9,11-12H2,1-3H3. The maximum absolute atomic E-state index is 13.9. The van der Waals surface area contributed by atoms with Gasteiger partial charge in [0, 0.05) is 30.9 Å². The minimum atomic E-state index is -0.193. The van der Waals surface area contributed by atoms with Gasteiger partial charge in [0.25, 0.3) is 0 Å². The molecule has 0 aromatic heterocycles. The van der Waals surface area contributed by atoms with Crippen molar-refractivity contribution >= 4 is 0 Å². The summed E-state index contributed by atoms with van der Waals surface area (Å²) < 4.78 is 25.0. The van der Waals surface area contributed by atoms with Gasteiger partial charge < -0.3 is 14.8 Å². The van der Waals surface area contributed by atoms with E-state index in [9.17, 15) is 4.39 Å². The molecule has 0 spiro atoms. The Morgan fingerprint density at radius 2 is 2.00 bits per heavy atom.